The van der Waals surface area contributed by atoms with Crippen molar-refractivity contribution in [3.63, 3.8) is 0 Å². The highest BCUT2D eigenvalue weighted by Crippen LogP contribution is 2.09. The lowest BCUT2D eigenvalue weighted by Crippen LogP contribution is -2.32. The van der Waals surface area contributed by atoms with E-state index in [2.05, 4.69) is 20.8 Å². The molecule has 0 fully saturated rings. The normalized spacial score (nSPS) is 10.8. The van der Waals surface area contributed by atoms with Crippen LogP contribution in [0.15, 0.2) is 0 Å². The van der Waals surface area contributed by atoms with Gasteiger partial charge in [-0.2, -0.15) is 0 Å². The number of unbranched alkanes of at least 4 members (excludes halogenated alkanes) is 6. The number of hydrogen-bond donors (Lipinski definition) is 0. The van der Waals surface area contributed by atoms with Crippen LogP contribution in [0.3, 0.4) is 0 Å². The van der Waals surface area contributed by atoms with Crippen LogP contribution in [0.1, 0.15) is 72.1 Å². The molecular weight excluding hydrogens is 198 g/mol. The minimum atomic E-state index is 0.295. The van der Waals surface area contributed by atoms with Gasteiger partial charge in [-0.15, -0.1) is 0 Å². The molecule has 0 unspecified atom stereocenters. The van der Waals surface area contributed by atoms with E-state index in [0.717, 1.165) is 12.8 Å². The largest absolute Gasteiger partial charge is 0.343 e. The summed E-state index contributed by atoms with van der Waals surface area (Å²) in [6, 6.07) is 0.331. The molecular formula is C14H29NO. The second-order valence-electron chi connectivity index (χ2n) is 4.97. The number of carbonyl (C=O) groups is 1. The summed E-state index contributed by atoms with van der Waals surface area (Å²) in [7, 11) is 1.90. The summed E-state index contributed by atoms with van der Waals surface area (Å²) in [5, 5.41) is 0. The average molecular weight is 227 g/mol. The van der Waals surface area contributed by atoms with Gasteiger partial charge in [0, 0.05) is 19.5 Å². The van der Waals surface area contributed by atoms with Gasteiger partial charge in [-0.05, 0) is 20.3 Å². The first-order valence-electron chi connectivity index (χ1n) is 6.85. The molecule has 0 spiro atoms. The Balaban J connectivity index is 3.34. The molecule has 0 radical (unpaired) electrons. The van der Waals surface area contributed by atoms with Crippen LogP contribution in [-0.4, -0.2) is 23.9 Å². The molecule has 0 atom stereocenters. The molecule has 0 aliphatic carbocycles. The van der Waals surface area contributed by atoms with Gasteiger partial charge >= 0.3 is 0 Å². The van der Waals surface area contributed by atoms with Gasteiger partial charge in [-0.1, -0.05) is 45.4 Å². The Morgan fingerprint density at radius 1 is 1.00 bits per heavy atom. The molecule has 2 nitrogen and oxygen atoms in total. The molecule has 16 heavy (non-hydrogen) atoms. The van der Waals surface area contributed by atoms with Crippen LogP contribution in [0.2, 0.25) is 0 Å². The minimum Gasteiger partial charge on any atom is -0.343 e. The molecule has 0 aliphatic heterocycles. The summed E-state index contributed by atoms with van der Waals surface area (Å²) < 4.78 is 0. The number of amides is 1. The third-order valence-corrected chi connectivity index (χ3v) is 3.16. The summed E-state index contributed by atoms with van der Waals surface area (Å²) in [5.74, 6) is 0.295. The zero-order valence-electron chi connectivity index (χ0n) is 11.6. The summed E-state index contributed by atoms with van der Waals surface area (Å²) >= 11 is 0. The molecule has 0 aromatic rings. The van der Waals surface area contributed by atoms with Crippen molar-refractivity contribution in [3.05, 3.63) is 0 Å². The topological polar surface area (TPSA) is 20.3 Å². The van der Waals surface area contributed by atoms with Crippen LogP contribution in [0.4, 0.5) is 0 Å². The Kier molecular flexibility index (Phi) is 9.36. The Morgan fingerprint density at radius 3 is 2.00 bits per heavy atom. The first kappa shape index (κ1) is 15.5. The van der Waals surface area contributed by atoms with Crippen molar-refractivity contribution in [2.45, 2.75) is 78.2 Å². The molecule has 0 bridgehead atoms. The molecule has 0 saturated carbocycles. The highest BCUT2D eigenvalue weighted by molar-refractivity contribution is 5.76. The first-order valence-corrected chi connectivity index (χ1v) is 6.85. The van der Waals surface area contributed by atoms with E-state index in [-0.39, 0.29) is 0 Å². The SMILES string of the molecule is CCCCCCCCCC(=O)N(C)C(C)C. The summed E-state index contributed by atoms with van der Waals surface area (Å²) in [4.78, 5) is 13.5. The third kappa shape index (κ3) is 7.72. The molecule has 96 valence electrons. The van der Waals surface area contributed by atoms with E-state index in [4.69, 9.17) is 0 Å². The first-order chi connectivity index (χ1) is 7.59. The van der Waals surface area contributed by atoms with Crippen LogP contribution < -0.4 is 0 Å². The van der Waals surface area contributed by atoms with Crippen LogP contribution in [0, 0.1) is 0 Å². The lowest BCUT2D eigenvalue weighted by atomic mass is 10.1. The van der Waals surface area contributed by atoms with Crippen molar-refractivity contribution in [1.29, 1.82) is 0 Å². The highest BCUT2D eigenvalue weighted by Gasteiger charge is 2.10. The maximum atomic E-state index is 11.6. The Bertz CT molecular complexity index is 178. The fraction of sp³-hybridized carbons (Fsp3) is 0.929. The molecule has 2 heteroatoms. The maximum absolute atomic E-state index is 11.6. The van der Waals surface area contributed by atoms with Gasteiger partial charge in [-0.3, -0.25) is 4.79 Å². The quantitative estimate of drug-likeness (QED) is 0.545. The second kappa shape index (κ2) is 9.68. The number of hydrogen-bond acceptors (Lipinski definition) is 1. The molecule has 0 aromatic carbocycles. The van der Waals surface area contributed by atoms with Crippen molar-refractivity contribution in [2.75, 3.05) is 7.05 Å². The Morgan fingerprint density at radius 2 is 1.50 bits per heavy atom. The molecule has 0 N–H and O–H groups in total. The summed E-state index contributed by atoms with van der Waals surface area (Å²) in [5.41, 5.74) is 0. The number of carbonyl (C=O) groups excluding carboxylic acids is 1. The van der Waals surface area contributed by atoms with E-state index < -0.39 is 0 Å². The molecule has 0 aliphatic rings. The van der Waals surface area contributed by atoms with Crippen molar-refractivity contribution in [2.24, 2.45) is 0 Å². The smallest absolute Gasteiger partial charge is 0.222 e. The van der Waals surface area contributed by atoms with E-state index in [1.165, 1.54) is 38.5 Å². The van der Waals surface area contributed by atoms with Crippen molar-refractivity contribution in [3.8, 4) is 0 Å². The van der Waals surface area contributed by atoms with E-state index in [1.807, 2.05) is 11.9 Å². The monoisotopic (exact) mass is 227 g/mol. The second-order valence-corrected chi connectivity index (χ2v) is 4.97. The summed E-state index contributed by atoms with van der Waals surface area (Å²) in [6.07, 6.45) is 9.63. The fourth-order valence-electron chi connectivity index (χ4n) is 1.70. The van der Waals surface area contributed by atoms with E-state index >= 15 is 0 Å². The fourth-order valence-corrected chi connectivity index (χ4v) is 1.70. The molecule has 0 saturated heterocycles. The van der Waals surface area contributed by atoms with E-state index in [9.17, 15) is 4.79 Å². The highest BCUT2D eigenvalue weighted by atomic mass is 16.2. The molecule has 0 rings (SSSR count). The van der Waals surface area contributed by atoms with Gasteiger partial charge in [0.05, 0.1) is 0 Å². The molecule has 0 aromatic heterocycles. The third-order valence-electron chi connectivity index (χ3n) is 3.16. The van der Waals surface area contributed by atoms with Crippen molar-refractivity contribution in [1.82, 2.24) is 4.90 Å². The lowest BCUT2D eigenvalue weighted by molar-refractivity contribution is -0.131. The minimum absolute atomic E-state index is 0.295. The molecule has 0 heterocycles. The van der Waals surface area contributed by atoms with Gasteiger partial charge in [0.15, 0.2) is 0 Å². The van der Waals surface area contributed by atoms with Crippen LogP contribution in [0.5, 0.6) is 0 Å². The predicted molar refractivity (Wildman–Crippen MR) is 70.5 cm³/mol. The van der Waals surface area contributed by atoms with Gasteiger partial charge in [0.1, 0.15) is 0 Å². The standard InChI is InChI=1S/C14H29NO/c1-5-6-7-8-9-10-11-12-14(16)15(4)13(2)3/h13H,5-12H2,1-4H3. The van der Waals surface area contributed by atoms with Crippen molar-refractivity contribution >= 4 is 5.91 Å². The number of rotatable bonds is 9. The lowest BCUT2D eigenvalue weighted by Gasteiger charge is -2.21. The zero-order chi connectivity index (χ0) is 12.4. The maximum Gasteiger partial charge on any atom is 0.222 e. The predicted octanol–water partition coefficient (Wildman–Crippen LogP) is 3.99. The Hall–Kier alpha value is -0.530. The Labute approximate surface area is 101 Å². The van der Waals surface area contributed by atoms with Gasteiger partial charge < -0.3 is 4.90 Å². The van der Waals surface area contributed by atoms with Crippen LogP contribution in [0.25, 0.3) is 0 Å². The van der Waals surface area contributed by atoms with E-state index in [1.54, 1.807) is 0 Å². The molecule has 1 amide bonds. The van der Waals surface area contributed by atoms with Gasteiger partial charge in [0.25, 0.3) is 0 Å². The van der Waals surface area contributed by atoms with Crippen molar-refractivity contribution < 1.29 is 4.79 Å². The average Bonchev–Trinajstić information content (AvgIpc) is 2.26. The summed E-state index contributed by atoms with van der Waals surface area (Å²) in [6.45, 7) is 6.35. The van der Waals surface area contributed by atoms with Crippen LogP contribution >= 0.6 is 0 Å². The van der Waals surface area contributed by atoms with Gasteiger partial charge in [0.2, 0.25) is 5.91 Å². The number of nitrogens with zero attached hydrogens (tertiary/aromatic N) is 1. The van der Waals surface area contributed by atoms with E-state index in [0.29, 0.717) is 11.9 Å². The zero-order valence-corrected chi connectivity index (χ0v) is 11.6. The van der Waals surface area contributed by atoms with Crippen LogP contribution in [-0.2, 0) is 4.79 Å². The van der Waals surface area contributed by atoms with Gasteiger partial charge in [-0.25, -0.2) is 0 Å².